The van der Waals surface area contributed by atoms with Crippen molar-refractivity contribution in [1.82, 2.24) is 5.32 Å². The van der Waals surface area contributed by atoms with E-state index in [1.807, 2.05) is 58.0 Å². The first kappa shape index (κ1) is 18.8. The molecule has 1 amide bonds. The second-order valence-electron chi connectivity index (χ2n) is 7.43. The SMILES string of the molecule is Cc1ccc2c(c1)[C@@H](NC(=O)COc1ccc(Br)c(C)c1)CC(C)(C)O2. The molecule has 0 saturated heterocycles. The predicted octanol–water partition coefficient (Wildman–Crippen LogP) is 4.86. The molecule has 2 aromatic rings. The van der Waals surface area contributed by atoms with E-state index in [9.17, 15) is 4.79 Å². The highest BCUT2D eigenvalue weighted by atomic mass is 79.9. The summed E-state index contributed by atoms with van der Waals surface area (Å²) in [6.07, 6.45) is 0.715. The van der Waals surface area contributed by atoms with Crippen LogP contribution in [0.15, 0.2) is 40.9 Å². The van der Waals surface area contributed by atoms with Crippen molar-refractivity contribution in [2.24, 2.45) is 0 Å². The van der Waals surface area contributed by atoms with Crippen LogP contribution in [0.5, 0.6) is 11.5 Å². The lowest BCUT2D eigenvalue weighted by Crippen LogP contribution is -2.42. The molecule has 1 aliphatic rings. The van der Waals surface area contributed by atoms with E-state index in [1.54, 1.807) is 0 Å². The normalized spacial score (nSPS) is 17.8. The van der Waals surface area contributed by atoms with Gasteiger partial charge in [0.05, 0.1) is 6.04 Å². The maximum Gasteiger partial charge on any atom is 0.258 e. The lowest BCUT2D eigenvalue weighted by atomic mass is 9.89. The number of hydrogen-bond donors (Lipinski definition) is 1. The number of aryl methyl sites for hydroxylation is 2. The summed E-state index contributed by atoms with van der Waals surface area (Å²) in [5.74, 6) is 1.38. The summed E-state index contributed by atoms with van der Waals surface area (Å²) in [6, 6.07) is 11.7. The van der Waals surface area contributed by atoms with Crippen molar-refractivity contribution in [3.63, 3.8) is 0 Å². The van der Waals surface area contributed by atoms with E-state index in [1.165, 1.54) is 0 Å². The van der Waals surface area contributed by atoms with Crippen LogP contribution in [0, 0.1) is 13.8 Å². The zero-order valence-corrected chi connectivity index (χ0v) is 17.1. The molecular formula is C21H24BrNO3. The topological polar surface area (TPSA) is 47.6 Å². The second-order valence-corrected chi connectivity index (χ2v) is 8.28. The first-order chi connectivity index (χ1) is 12.2. The summed E-state index contributed by atoms with van der Waals surface area (Å²) < 4.78 is 12.7. The number of carbonyl (C=O) groups excluding carboxylic acids is 1. The Balaban J connectivity index is 1.68. The Morgan fingerprint density at radius 3 is 2.77 bits per heavy atom. The Hall–Kier alpha value is -2.01. The van der Waals surface area contributed by atoms with Crippen LogP contribution in [0.1, 0.15) is 43.0 Å². The van der Waals surface area contributed by atoms with Crippen molar-refractivity contribution >= 4 is 21.8 Å². The Kier molecular flexibility index (Phi) is 5.28. The van der Waals surface area contributed by atoms with Gasteiger partial charge in [-0.2, -0.15) is 0 Å². The summed E-state index contributed by atoms with van der Waals surface area (Å²) in [6.45, 7) is 8.09. The molecule has 1 N–H and O–H groups in total. The van der Waals surface area contributed by atoms with Crippen molar-refractivity contribution < 1.29 is 14.3 Å². The summed E-state index contributed by atoms with van der Waals surface area (Å²) >= 11 is 3.46. The van der Waals surface area contributed by atoms with E-state index in [-0.39, 0.29) is 24.2 Å². The van der Waals surface area contributed by atoms with Crippen molar-refractivity contribution in [2.45, 2.75) is 45.8 Å². The number of fused-ring (bicyclic) bond motifs is 1. The monoisotopic (exact) mass is 417 g/mol. The zero-order chi connectivity index (χ0) is 18.9. The molecule has 0 aromatic heterocycles. The van der Waals surface area contributed by atoms with Gasteiger partial charge in [0.2, 0.25) is 0 Å². The number of ether oxygens (including phenoxy) is 2. The van der Waals surface area contributed by atoms with E-state index in [0.717, 1.165) is 26.9 Å². The van der Waals surface area contributed by atoms with Gasteiger partial charge in [0.25, 0.3) is 5.91 Å². The molecule has 0 spiro atoms. The Morgan fingerprint density at radius 1 is 1.27 bits per heavy atom. The minimum absolute atomic E-state index is 0.0139. The van der Waals surface area contributed by atoms with Crippen molar-refractivity contribution in [3.05, 3.63) is 57.6 Å². The largest absolute Gasteiger partial charge is 0.487 e. The minimum Gasteiger partial charge on any atom is -0.487 e. The quantitative estimate of drug-likeness (QED) is 0.771. The molecule has 1 atom stereocenters. The fourth-order valence-electron chi connectivity index (χ4n) is 3.19. The molecule has 0 saturated carbocycles. The maximum absolute atomic E-state index is 12.5. The molecule has 0 aliphatic carbocycles. The number of rotatable bonds is 4. The summed E-state index contributed by atoms with van der Waals surface area (Å²) in [5.41, 5.74) is 2.91. The van der Waals surface area contributed by atoms with Crippen LogP contribution in [-0.2, 0) is 4.79 Å². The maximum atomic E-state index is 12.5. The Labute approximate surface area is 163 Å². The van der Waals surface area contributed by atoms with E-state index >= 15 is 0 Å². The molecule has 1 aliphatic heterocycles. The number of amides is 1. The van der Waals surface area contributed by atoms with Crippen LogP contribution < -0.4 is 14.8 Å². The third kappa shape index (κ3) is 4.39. The minimum atomic E-state index is -0.329. The molecule has 0 radical (unpaired) electrons. The molecule has 1 heterocycles. The molecular weight excluding hydrogens is 394 g/mol. The first-order valence-corrected chi connectivity index (χ1v) is 9.51. The number of benzene rings is 2. The molecule has 26 heavy (non-hydrogen) atoms. The smallest absolute Gasteiger partial charge is 0.258 e. The van der Waals surface area contributed by atoms with Crippen LogP contribution >= 0.6 is 15.9 Å². The molecule has 138 valence electrons. The lowest BCUT2D eigenvalue weighted by molar-refractivity contribution is -0.124. The standard InChI is InChI=1S/C21H24BrNO3/c1-13-5-8-19-16(9-13)18(11-21(3,4)26-19)23-20(24)12-25-15-6-7-17(22)14(2)10-15/h5-10,18H,11-12H2,1-4H3,(H,23,24)/t18-/m0/s1. The Bertz CT molecular complexity index is 832. The summed E-state index contributed by atoms with van der Waals surface area (Å²) in [4.78, 5) is 12.5. The third-order valence-corrected chi connectivity index (χ3v) is 5.35. The van der Waals surface area contributed by atoms with E-state index in [4.69, 9.17) is 9.47 Å². The highest BCUT2D eigenvalue weighted by Gasteiger charge is 2.34. The van der Waals surface area contributed by atoms with Crippen LogP contribution in [0.3, 0.4) is 0 Å². The van der Waals surface area contributed by atoms with Crippen LogP contribution in [0.4, 0.5) is 0 Å². The van der Waals surface area contributed by atoms with Crippen LogP contribution in [-0.4, -0.2) is 18.1 Å². The highest BCUT2D eigenvalue weighted by molar-refractivity contribution is 9.10. The summed E-state index contributed by atoms with van der Waals surface area (Å²) in [7, 11) is 0. The molecule has 5 heteroatoms. The average Bonchev–Trinajstić information content (AvgIpc) is 2.56. The average molecular weight is 418 g/mol. The zero-order valence-electron chi connectivity index (χ0n) is 15.6. The van der Waals surface area contributed by atoms with Gasteiger partial charge in [-0.1, -0.05) is 33.6 Å². The fourth-order valence-corrected chi connectivity index (χ4v) is 3.44. The second kappa shape index (κ2) is 7.31. The van der Waals surface area contributed by atoms with Gasteiger partial charge < -0.3 is 14.8 Å². The number of nitrogens with one attached hydrogen (secondary N) is 1. The van der Waals surface area contributed by atoms with Gasteiger partial charge in [-0.25, -0.2) is 0 Å². The molecule has 2 aromatic carbocycles. The lowest BCUT2D eigenvalue weighted by Gasteiger charge is -2.38. The van der Waals surface area contributed by atoms with Gasteiger partial charge in [-0.3, -0.25) is 4.79 Å². The molecule has 4 nitrogen and oxygen atoms in total. The van der Waals surface area contributed by atoms with Crippen LogP contribution in [0.25, 0.3) is 0 Å². The molecule has 3 rings (SSSR count). The number of carbonyl (C=O) groups is 1. The third-order valence-electron chi connectivity index (χ3n) is 4.46. The van der Waals surface area contributed by atoms with Crippen molar-refractivity contribution in [2.75, 3.05) is 6.61 Å². The Morgan fingerprint density at radius 2 is 2.04 bits per heavy atom. The number of hydrogen-bond acceptors (Lipinski definition) is 3. The van der Waals surface area contributed by atoms with Crippen molar-refractivity contribution in [1.29, 1.82) is 0 Å². The highest BCUT2D eigenvalue weighted by Crippen LogP contribution is 2.39. The van der Waals surface area contributed by atoms with Gasteiger partial charge in [0.1, 0.15) is 17.1 Å². The van der Waals surface area contributed by atoms with E-state index in [0.29, 0.717) is 12.2 Å². The van der Waals surface area contributed by atoms with Gasteiger partial charge in [0.15, 0.2) is 6.61 Å². The van der Waals surface area contributed by atoms with Gasteiger partial charge >= 0.3 is 0 Å². The molecule has 0 fully saturated rings. The first-order valence-electron chi connectivity index (χ1n) is 8.71. The summed E-state index contributed by atoms with van der Waals surface area (Å²) in [5, 5.41) is 3.10. The fraction of sp³-hybridized carbons (Fsp3) is 0.381. The van der Waals surface area contributed by atoms with E-state index < -0.39 is 0 Å². The molecule has 0 unspecified atom stereocenters. The predicted molar refractivity (Wildman–Crippen MR) is 106 cm³/mol. The van der Waals surface area contributed by atoms with Gasteiger partial charge in [-0.05, 0) is 57.5 Å². The molecule has 0 bridgehead atoms. The number of halogens is 1. The van der Waals surface area contributed by atoms with Gasteiger partial charge in [0, 0.05) is 16.5 Å². The van der Waals surface area contributed by atoms with Crippen molar-refractivity contribution in [3.8, 4) is 11.5 Å². The van der Waals surface area contributed by atoms with Crippen LogP contribution in [0.2, 0.25) is 0 Å². The van der Waals surface area contributed by atoms with E-state index in [2.05, 4.69) is 27.3 Å². The van der Waals surface area contributed by atoms with Gasteiger partial charge in [-0.15, -0.1) is 0 Å².